The van der Waals surface area contributed by atoms with Gasteiger partial charge in [-0.15, -0.1) is 0 Å². The van der Waals surface area contributed by atoms with Gasteiger partial charge >= 0.3 is 0 Å². The fourth-order valence-electron chi connectivity index (χ4n) is 1.72. The molecular formula is C15H14ClNO. The average Bonchev–Trinajstić information content (AvgIpc) is 2.34. The van der Waals surface area contributed by atoms with Crippen LogP contribution in [0, 0.1) is 13.8 Å². The van der Waals surface area contributed by atoms with Crippen molar-refractivity contribution in [3.63, 3.8) is 0 Å². The molecule has 0 aliphatic rings. The van der Waals surface area contributed by atoms with Gasteiger partial charge in [-0.25, -0.2) is 0 Å². The first-order chi connectivity index (χ1) is 8.56. The molecule has 0 aromatic heterocycles. The van der Waals surface area contributed by atoms with Crippen LogP contribution in [-0.2, 0) is 0 Å². The van der Waals surface area contributed by atoms with Crippen LogP contribution in [0.3, 0.4) is 0 Å². The zero-order chi connectivity index (χ0) is 13.1. The van der Waals surface area contributed by atoms with E-state index in [9.17, 15) is 4.79 Å². The van der Waals surface area contributed by atoms with E-state index in [0.717, 1.165) is 11.1 Å². The van der Waals surface area contributed by atoms with Crippen molar-refractivity contribution in [3.05, 3.63) is 64.2 Å². The molecule has 0 saturated carbocycles. The minimum atomic E-state index is -0.147. The van der Waals surface area contributed by atoms with E-state index in [1.165, 1.54) is 0 Å². The highest BCUT2D eigenvalue weighted by Crippen LogP contribution is 2.23. The van der Waals surface area contributed by atoms with E-state index < -0.39 is 0 Å². The molecule has 0 heterocycles. The van der Waals surface area contributed by atoms with Crippen molar-refractivity contribution >= 4 is 23.2 Å². The Balaban J connectivity index is 2.24. The van der Waals surface area contributed by atoms with Crippen LogP contribution in [-0.4, -0.2) is 5.91 Å². The normalized spacial score (nSPS) is 10.2. The topological polar surface area (TPSA) is 29.1 Å². The fourth-order valence-corrected chi connectivity index (χ4v) is 1.88. The monoisotopic (exact) mass is 259 g/mol. The first kappa shape index (κ1) is 12.7. The average molecular weight is 260 g/mol. The van der Waals surface area contributed by atoms with Crippen molar-refractivity contribution in [2.75, 3.05) is 5.32 Å². The first-order valence-electron chi connectivity index (χ1n) is 5.70. The lowest BCUT2D eigenvalue weighted by Crippen LogP contribution is -2.12. The zero-order valence-electron chi connectivity index (χ0n) is 10.3. The lowest BCUT2D eigenvalue weighted by atomic mass is 10.1. The van der Waals surface area contributed by atoms with Crippen molar-refractivity contribution in [2.24, 2.45) is 0 Å². The molecule has 0 saturated heterocycles. The number of aryl methyl sites for hydroxylation is 2. The van der Waals surface area contributed by atoms with Crippen LogP contribution in [0.25, 0.3) is 0 Å². The lowest BCUT2D eigenvalue weighted by molar-refractivity contribution is 0.102. The Hall–Kier alpha value is -1.80. The quantitative estimate of drug-likeness (QED) is 0.860. The Bertz CT molecular complexity index is 593. The second-order valence-electron chi connectivity index (χ2n) is 4.31. The van der Waals surface area contributed by atoms with Gasteiger partial charge in [0, 0.05) is 5.56 Å². The second-order valence-corrected chi connectivity index (χ2v) is 4.71. The van der Waals surface area contributed by atoms with E-state index >= 15 is 0 Å². The Morgan fingerprint density at radius 1 is 1.06 bits per heavy atom. The van der Waals surface area contributed by atoms with Crippen LogP contribution in [0.5, 0.6) is 0 Å². The van der Waals surface area contributed by atoms with Gasteiger partial charge in [-0.05, 0) is 43.7 Å². The second kappa shape index (κ2) is 5.23. The Labute approximate surface area is 112 Å². The van der Waals surface area contributed by atoms with Crippen LogP contribution in [0.15, 0.2) is 42.5 Å². The standard InChI is InChI=1S/C15H14ClNO/c1-10-4-3-5-12(8-10)15(18)17-14-9-11(2)6-7-13(14)16/h3-9H,1-2H3,(H,17,18). The number of amides is 1. The summed E-state index contributed by atoms with van der Waals surface area (Å²) in [6.45, 7) is 3.91. The molecular weight excluding hydrogens is 246 g/mol. The van der Waals surface area contributed by atoms with Crippen LogP contribution in [0.1, 0.15) is 21.5 Å². The molecule has 0 spiro atoms. The van der Waals surface area contributed by atoms with Gasteiger partial charge in [-0.3, -0.25) is 4.79 Å². The molecule has 0 bridgehead atoms. The highest BCUT2D eigenvalue weighted by Gasteiger charge is 2.08. The van der Waals surface area contributed by atoms with Crippen LogP contribution in [0.4, 0.5) is 5.69 Å². The molecule has 1 amide bonds. The molecule has 0 radical (unpaired) electrons. The van der Waals surface area contributed by atoms with Gasteiger partial charge in [0.1, 0.15) is 0 Å². The molecule has 0 aliphatic carbocycles. The third-order valence-electron chi connectivity index (χ3n) is 2.65. The largest absolute Gasteiger partial charge is 0.321 e. The molecule has 18 heavy (non-hydrogen) atoms. The fraction of sp³-hybridized carbons (Fsp3) is 0.133. The van der Waals surface area contributed by atoms with Gasteiger partial charge < -0.3 is 5.32 Å². The maximum absolute atomic E-state index is 12.1. The smallest absolute Gasteiger partial charge is 0.255 e. The van der Waals surface area contributed by atoms with Crippen molar-refractivity contribution in [2.45, 2.75) is 13.8 Å². The van der Waals surface area contributed by atoms with Crippen molar-refractivity contribution < 1.29 is 4.79 Å². The van der Waals surface area contributed by atoms with E-state index in [4.69, 9.17) is 11.6 Å². The number of hydrogen-bond donors (Lipinski definition) is 1. The minimum absolute atomic E-state index is 0.147. The predicted molar refractivity (Wildman–Crippen MR) is 75.3 cm³/mol. The van der Waals surface area contributed by atoms with Gasteiger partial charge in [-0.2, -0.15) is 0 Å². The third kappa shape index (κ3) is 2.90. The van der Waals surface area contributed by atoms with Gasteiger partial charge in [0.2, 0.25) is 0 Å². The van der Waals surface area contributed by atoms with Crippen LogP contribution >= 0.6 is 11.6 Å². The van der Waals surface area contributed by atoms with Gasteiger partial charge in [0.25, 0.3) is 5.91 Å². The number of halogens is 1. The summed E-state index contributed by atoms with van der Waals surface area (Å²) in [5, 5.41) is 3.37. The predicted octanol–water partition coefficient (Wildman–Crippen LogP) is 4.21. The summed E-state index contributed by atoms with van der Waals surface area (Å²) in [7, 11) is 0. The number of anilines is 1. The SMILES string of the molecule is Cc1cccc(C(=O)Nc2cc(C)ccc2Cl)c1. The zero-order valence-corrected chi connectivity index (χ0v) is 11.1. The molecule has 2 nitrogen and oxygen atoms in total. The number of hydrogen-bond acceptors (Lipinski definition) is 1. The number of benzene rings is 2. The van der Waals surface area contributed by atoms with Gasteiger partial charge in [0.05, 0.1) is 10.7 Å². The van der Waals surface area contributed by atoms with E-state index in [1.54, 1.807) is 12.1 Å². The Morgan fingerprint density at radius 2 is 1.78 bits per heavy atom. The molecule has 0 atom stereocenters. The van der Waals surface area contributed by atoms with Crippen LogP contribution < -0.4 is 5.32 Å². The van der Waals surface area contributed by atoms with E-state index in [0.29, 0.717) is 16.3 Å². The number of carbonyl (C=O) groups excluding carboxylic acids is 1. The summed E-state index contributed by atoms with van der Waals surface area (Å²) in [4.78, 5) is 12.1. The van der Waals surface area contributed by atoms with Crippen LogP contribution in [0.2, 0.25) is 5.02 Å². The highest BCUT2D eigenvalue weighted by molar-refractivity contribution is 6.33. The summed E-state index contributed by atoms with van der Waals surface area (Å²) < 4.78 is 0. The molecule has 0 aliphatic heterocycles. The molecule has 2 aromatic rings. The maximum Gasteiger partial charge on any atom is 0.255 e. The summed E-state index contributed by atoms with van der Waals surface area (Å²) in [6.07, 6.45) is 0. The maximum atomic E-state index is 12.1. The molecule has 2 rings (SSSR count). The summed E-state index contributed by atoms with van der Waals surface area (Å²) in [5.41, 5.74) is 3.38. The molecule has 0 fully saturated rings. The molecule has 3 heteroatoms. The Morgan fingerprint density at radius 3 is 2.50 bits per heavy atom. The van der Waals surface area contributed by atoms with Gasteiger partial charge in [-0.1, -0.05) is 35.4 Å². The highest BCUT2D eigenvalue weighted by atomic mass is 35.5. The van der Waals surface area contributed by atoms with E-state index in [1.807, 2.05) is 44.2 Å². The number of carbonyl (C=O) groups is 1. The summed E-state index contributed by atoms with van der Waals surface area (Å²) in [5.74, 6) is -0.147. The minimum Gasteiger partial charge on any atom is -0.321 e. The lowest BCUT2D eigenvalue weighted by Gasteiger charge is -2.08. The van der Waals surface area contributed by atoms with Gasteiger partial charge in [0.15, 0.2) is 0 Å². The van der Waals surface area contributed by atoms with Crippen molar-refractivity contribution in [1.29, 1.82) is 0 Å². The summed E-state index contributed by atoms with van der Waals surface area (Å²) in [6, 6.07) is 13.0. The first-order valence-corrected chi connectivity index (χ1v) is 6.08. The number of nitrogens with one attached hydrogen (secondary N) is 1. The molecule has 1 N–H and O–H groups in total. The van der Waals surface area contributed by atoms with E-state index in [2.05, 4.69) is 5.32 Å². The number of rotatable bonds is 2. The van der Waals surface area contributed by atoms with Crippen molar-refractivity contribution in [1.82, 2.24) is 0 Å². The summed E-state index contributed by atoms with van der Waals surface area (Å²) >= 11 is 6.04. The van der Waals surface area contributed by atoms with E-state index in [-0.39, 0.29) is 5.91 Å². The van der Waals surface area contributed by atoms with Crippen molar-refractivity contribution in [3.8, 4) is 0 Å². The molecule has 92 valence electrons. The third-order valence-corrected chi connectivity index (χ3v) is 2.98. The molecule has 2 aromatic carbocycles. The molecule has 0 unspecified atom stereocenters. The Kier molecular flexibility index (Phi) is 3.68.